The summed E-state index contributed by atoms with van der Waals surface area (Å²) in [6.45, 7) is 6.93. The standard InChI is InChI=1S/C12H19N5S/c1-4-11-14-9(7-18-11)5-17-6-10(15-16-17)12(13)8(2)3/h6-8,12H,4-5,13H2,1-3H3. The van der Waals surface area contributed by atoms with Gasteiger partial charge in [-0.15, -0.1) is 16.4 Å². The molecule has 0 aliphatic rings. The van der Waals surface area contributed by atoms with E-state index in [0.717, 1.165) is 22.8 Å². The van der Waals surface area contributed by atoms with Crippen molar-refractivity contribution in [3.63, 3.8) is 0 Å². The lowest BCUT2D eigenvalue weighted by Crippen LogP contribution is -2.17. The molecule has 1 unspecified atom stereocenters. The van der Waals surface area contributed by atoms with Crippen LogP contribution in [0.15, 0.2) is 11.6 Å². The average molecular weight is 265 g/mol. The maximum Gasteiger partial charge on any atom is 0.0996 e. The quantitative estimate of drug-likeness (QED) is 0.897. The number of nitrogens with two attached hydrogens (primary N) is 1. The first-order chi connectivity index (χ1) is 8.60. The monoisotopic (exact) mass is 265 g/mol. The van der Waals surface area contributed by atoms with Gasteiger partial charge >= 0.3 is 0 Å². The van der Waals surface area contributed by atoms with Gasteiger partial charge in [0.2, 0.25) is 0 Å². The Labute approximate surface area is 111 Å². The van der Waals surface area contributed by atoms with Crippen molar-refractivity contribution >= 4 is 11.3 Å². The molecule has 0 bridgehead atoms. The topological polar surface area (TPSA) is 69.6 Å². The van der Waals surface area contributed by atoms with Crippen molar-refractivity contribution in [3.8, 4) is 0 Å². The van der Waals surface area contributed by atoms with E-state index in [0.29, 0.717) is 12.5 Å². The molecule has 2 rings (SSSR count). The van der Waals surface area contributed by atoms with Crippen LogP contribution in [0.1, 0.15) is 43.2 Å². The van der Waals surface area contributed by atoms with Crippen molar-refractivity contribution in [2.24, 2.45) is 11.7 Å². The van der Waals surface area contributed by atoms with Gasteiger partial charge < -0.3 is 5.73 Å². The van der Waals surface area contributed by atoms with Crippen LogP contribution in [-0.2, 0) is 13.0 Å². The number of aromatic nitrogens is 4. The zero-order valence-corrected chi connectivity index (χ0v) is 11.8. The van der Waals surface area contributed by atoms with Crippen LogP contribution in [0.25, 0.3) is 0 Å². The Bertz CT molecular complexity index is 502. The molecule has 2 N–H and O–H groups in total. The second-order valence-electron chi connectivity index (χ2n) is 4.70. The highest BCUT2D eigenvalue weighted by molar-refractivity contribution is 7.09. The molecule has 6 heteroatoms. The van der Waals surface area contributed by atoms with Crippen LogP contribution in [0.3, 0.4) is 0 Å². The van der Waals surface area contributed by atoms with Crippen LogP contribution in [-0.4, -0.2) is 20.0 Å². The molecule has 0 fully saturated rings. The van der Waals surface area contributed by atoms with Crippen LogP contribution in [0.5, 0.6) is 0 Å². The predicted octanol–water partition coefficient (Wildman–Crippen LogP) is 2.00. The van der Waals surface area contributed by atoms with Crippen molar-refractivity contribution in [2.45, 2.75) is 39.8 Å². The van der Waals surface area contributed by atoms with E-state index < -0.39 is 0 Å². The Hall–Kier alpha value is -1.27. The first-order valence-corrected chi connectivity index (χ1v) is 7.07. The minimum Gasteiger partial charge on any atom is -0.322 e. The summed E-state index contributed by atoms with van der Waals surface area (Å²) in [4.78, 5) is 4.51. The molecular weight excluding hydrogens is 246 g/mol. The van der Waals surface area contributed by atoms with Crippen LogP contribution < -0.4 is 5.73 Å². The maximum absolute atomic E-state index is 6.04. The van der Waals surface area contributed by atoms with Crippen LogP contribution in [0.4, 0.5) is 0 Å². The molecule has 0 spiro atoms. The van der Waals surface area contributed by atoms with Gasteiger partial charge in [0.25, 0.3) is 0 Å². The molecule has 1 atom stereocenters. The number of hydrogen-bond donors (Lipinski definition) is 1. The molecule has 5 nitrogen and oxygen atoms in total. The molecule has 0 saturated carbocycles. The second-order valence-corrected chi connectivity index (χ2v) is 5.64. The van der Waals surface area contributed by atoms with E-state index in [-0.39, 0.29) is 6.04 Å². The number of thiazole rings is 1. The Morgan fingerprint density at radius 1 is 1.44 bits per heavy atom. The van der Waals surface area contributed by atoms with Gasteiger partial charge in [0.1, 0.15) is 0 Å². The fraction of sp³-hybridized carbons (Fsp3) is 0.583. The van der Waals surface area contributed by atoms with E-state index in [1.54, 1.807) is 16.0 Å². The molecule has 0 aliphatic carbocycles. The number of hydrogen-bond acceptors (Lipinski definition) is 5. The molecule has 2 aromatic rings. The zero-order chi connectivity index (χ0) is 13.1. The van der Waals surface area contributed by atoms with Gasteiger partial charge in [-0.1, -0.05) is 26.0 Å². The normalized spacial score (nSPS) is 13.2. The number of nitrogens with zero attached hydrogens (tertiary/aromatic N) is 4. The van der Waals surface area contributed by atoms with E-state index >= 15 is 0 Å². The van der Waals surface area contributed by atoms with Gasteiger partial charge in [-0.05, 0) is 12.3 Å². The third-order valence-electron chi connectivity index (χ3n) is 2.84. The fourth-order valence-corrected chi connectivity index (χ4v) is 2.37. The minimum absolute atomic E-state index is 0.0552. The highest BCUT2D eigenvalue weighted by Crippen LogP contribution is 2.16. The highest BCUT2D eigenvalue weighted by atomic mass is 32.1. The van der Waals surface area contributed by atoms with E-state index in [2.05, 4.69) is 41.4 Å². The second kappa shape index (κ2) is 5.58. The maximum atomic E-state index is 6.04. The summed E-state index contributed by atoms with van der Waals surface area (Å²) in [6.07, 6.45) is 2.89. The van der Waals surface area contributed by atoms with Gasteiger partial charge in [-0.2, -0.15) is 0 Å². The van der Waals surface area contributed by atoms with Crippen molar-refractivity contribution in [2.75, 3.05) is 0 Å². The smallest absolute Gasteiger partial charge is 0.0996 e. The van der Waals surface area contributed by atoms with Gasteiger partial charge in [-0.3, -0.25) is 0 Å². The Morgan fingerprint density at radius 2 is 2.22 bits per heavy atom. The molecule has 18 heavy (non-hydrogen) atoms. The third-order valence-corrected chi connectivity index (χ3v) is 3.88. The minimum atomic E-state index is -0.0552. The molecule has 2 heterocycles. The highest BCUT2D eigenvalue weighted by Gasteiger charge is 2.14. The Morgan fingerprint density at radius 3 is 2.83 bits per heavy atom. The molecule has 98 valence electrons. The molecule has 0 radical (unpaired) electrons. The van der Waals surface area contributed by atoms with Crippen molar-refractivity contribution in [1.29, 1.82) is 0 Å². The molecule has 0 saturated heterocycles. The lowest BCUT2D eigenvalue weighted by molar-refractivity contribution is 0.502. The van der Waals surface area contributed by atoms with Crippen molar-refractivity contribution in [1.82, 2.24) is 20.0 Å². The average Bonchev–Trinajstić information content (AvgIpc) is 2.97. The fourth-order valence-electron chi connectivity index (χ4n) is 1.63. The lowest BCUT2D eigenvalue weighted by Gasteiger charge is -2.11. The van der Waals surface area contributed by atoms with Gasteiger partial charge in [0, 0.05) is 5.38 Å². The van der Waals surface area contributed by atoms with Crippen LogP contribution >= 0.6 is 11.3 Å². The largest absolute Gasteiger partial charge is 0.322 e. The van der Waals surface area contributed by atoms with Crippen LogP contribution in [0, 0.1) is 5.92 Å². The molecular formula is C12H19N5S. The summed E-state index contributed by atoms with van der Waals surface area (Å²) in [5.74, 6) is 0.362. The van der Waals surface area contributed by atoms with Gasteiger partial charge in [0.05, 0.1) is 35.2 Å². The summed E-state index contributed by atoms with van der Waals surface area (Å²) in [5, 5.41) is 11.5. The SMILES string of the molecule is CCc1nc(Cn2cc(C(N)C(C)C)nn2)cs1. The molecule has 0 amide bonds. The first kappa shape index (κ1) is 13.2. The Balaban J connectivity index is 2.06. The van der Waals surface area contributed by atoms with Crippen molar-refractivity contribution < 1.29 is 0 Å². The Kier molecular flexibility index (Phi) is 4.08. The molecule has 0 aliphatic heterocycles. The van der Waals surface area contributed by atoms with Crippen molar-refractivity contribution in [3.05, 3.63) is 28.0 Å². The summed E-state index contributed by atoms with van der Waals surface area (Å²) >= 11 is 1.69. The van der Waals surface area contributed by atoms with E-state index in [9.17, 15) is 0 Å². The molecule has 0 aromatic carbocycles. The summed E-state index contributed by atoms with van der Waals surface area (Å²) < 4.78 is 1.80. The summed E-state index contributed by atoms with van der Waals surface area (Å²) in [7, 11) is 0. The lowest BCUT2D eigenvalue weighted by atomic mass is 10.0. The zero-order valence-electron chi connectivity index (χ0n) is 11.0. The number of rotatable bonds is 5. The number of aryl methyl sites for hydroxylation is 1. The third kappa shape index (κ3) is 2.94. The van der Waals surface area contributed by atoms with Crippen LogP contribution in [0.2, 0.25) is 0 Å². The first-order valence-electron chi connectivity index (χ1n) is 6.19. The summed E-state index contributed by atoms with van der Waals surface area (Å²) in [6, 6.07) is -0.0552. The summed E-state index contributed by atoms with van der Waals surface area (Å²) in [5.41, 5.74) is 7.92. The molecule has 2 aromatic heterocycles. The van der Waals surface area contributed by atoms with Gasteiger partial charge in [0.15, 0.2) is 0 Å². The van der Waals surface area contributed by atoms with E-state index in [1.807, 2.05) is 6.20 Å². The van der Waals surface area contributed by atoms with Gasteiger partial charge in [-0.25, -0.2) is 9.67 Å². The van der Waals surface area contributed by atoms with E-state index in [4.69, 9.17) is 5.73 Å². The predicted molar refractivity (Wildman–Crippen MR) is 72.4 cm³/mol. The van der Waals surface area contributed by atoms with E-state index in [1.165, 1.54) is 0 Å².